The number of amides is 1. The maximum atomic E-state index is 13.1. The molecule has 1 saturated heterocycles. The fourth-order valence-corrected chi connectivity index (χ4v) is 5.47. The SMILES string of the molecule is O=C(N[C@H]1CN(S(=O)(=O)c2ccccc2)CC[C@@H]1c1ccccc1)c1ccccc1. The van der Waals surface area contributed by atoms with Gasteiger partial charge < -0.3 is 5.32 Å². The van der Waals surface area contributed by atoms with Crippen molar-refractivity contribution in [2.24, 2.45) is 0 Å². The second-order valence-corrected chi connectivity index (χ2v) is 9.37. The highest BCUT2D eigenvalue weighted by atomic mass is 32.2. The maximum absolute atomic E-state index is 13.1. The van der Waals surface area contributed by atoms with Gasteiger partial charge in [-0.2, -0.15) is 4.31 Å². The monoisotopic (exact) mass is 420 g/mol. The fraction of sp³-hybridized carbons (Fsp3) is 0.208. The van der Waals surface area contributed by atoms with Gasteiger partial charge in [0.25, 0.3) is 5.91 Å². The van der Waals surface area contributed by atoms with E-state index in [4.69, 9.17) is 0 Å². The molecule has 0 spiro atoms. The van der Waals surface area contributed by atoms with Crippen LogP contribution in [0.15, 0.2) is 95.9 Å². The molecule has 4 rings (SSSR count). The Balaban J connectivity index is 1.61. The van der Waals surface area contributed by atoms with Gasteiger partial charge in [0.2, 0.25) is 10.0 Å². The van der Waals surface area contributed by atoms with E-state index >= 15 is 0 Å². The lowest BCUT2D eigenvalue weighted by atomic mass is 9.86. The van der Waals surface area contributed by atoms with Gasteiger partial charge in [0.1, 0.15) is 0 Å². The molecule has 0 radical (unpaired) electrons. The molecule has 0 bridgehead atoms. The predicted octanol–water partition coefficient (Wildman–Crippen LogP) is 3.66. The Kier molecular flexibility index (Phi) is 5.97. The molecular formula is C24H24N2O3S. The molecule has 3 aromatic carbocycles. The fourth-order valence-electron chi connectivity index (χ4n) is 3.97. The summed E-state index contributed by atoms with van der Waals surface area (Å²) < 4.78 is 27.8. The highest BCUT2D eigenvalue weighted by Gasteiger charge is 2.37. The minimum Gasteiger partial charge on any atom is -0.347 e. The molecule has 1 amide bonds. The van der Waals surface area contributed by atoms with Gasteiger partial charge >= 0.3 is 0 Å². The summed E-state index contributed by atoms with van der Waals surface area (Å²) in [6.45, 7) is 0.643. The van der Waals surface area contributed by atoms with Crippen molar-refractivity contribution in [2.45, 2.75) is 23.3 Å². The van der Waals surface area contributed by atoms with E-state index in [1.165, 1.54) is 4.31 Å². The first-order valence-electron chi connectivity index (χ1n) is 10.0. The molecule has 1 N–H and O–H groups in total. The number of hydrogen-bond donors (Lipinski definition) is 1. The first-order chi connectivity index (χ1) is 14.6. The van der Waals surface area contributed by atoms with Crippen molar-refractivity contribution >= 4 is 15.9 Å². The molecule has 2 atom stereocenters. The molecule has 30 heavy (non-hydrogen) atoms. The zero-order valence-corrected chi connectivity index (χ0v) is 17.3. The van der Waals surface area contributed by atoms with Gasteiger partial charge in [0.05, 0.1) is 4.90 Å². The Labute approximate surface area is 177 Å². The number of carbonyl (C=O) groups excluding carboxylic acids is 1. The van der Waals surface area contributed by atoms with Crippen LogP contribution in [0.5, 0.6) is 0 Å². The summed E-state index contributed by atoms with van der Waals surface area (Å²) in [4.78, 5) is 13.1. The van der Waals surface area contributed by atoms with Crippen LogP contribution >= 0.6 is 0 Å². The van der Waals surface area contributed by atoms with Gasteiger partial charge in [-0.25, -0.2) is 8.42 Å². The lowest BCUT2D eigenvalue weighted by molar-refractivity contribution is 0.0912. The average Bonchev–Trinajstić information content (AvgIpc) is 2.81. The van der Waals surface area contributed by atoms with Gasteiger partial charge in [-0.3, -0.25) is 4.79 Å². The van der Waals surface area contributed by atoms with Crippen molar-refractivity contribution in [2.75, 3.05) is 13.1 Å². The van der Waals surface area contributed by atoms with Crippen molar-refractivity contribution in [3.05, 3.63) is 102 Å². The lowest BCUT2D eigenvalue weighted by Gasteiger charge is -2.38. The molecule has 154 valence electrons. The lowest BCUT2D eigenvalue weighted by Crippen LogP contribution is -2.53. The Hall–Kier alpha value is -2.96. The van der Waals surface area contributed by atoms with Crippen LogP contribution in [-0.4, -0.2) is 37.8 Å². The van der Waals surface area contributed by atoms with Crippen LogP contribution in [0, 0.1) is 0 Å². The van der Waals surface area contributed by atoms with Gasteiger partial charge in [0, 0.05) is 30.6 Å². The van der Waals surface area contributed by atoms with Gasteiger partial charge in [-0.15, -0.1) is 0 Å². The highest BCUT2D eigenvalue weighted by Crippen LogP contribution is 2.31. The molecule has 1 heterocycles. The third-order valence-electron chi connectivity index (χ3n) is 5.54. The second kappa shape index (κ2) is 8.81. The Bertz CT molecular complexity index is 1090. The van der Waals surface area contributed by atoms with Gasteiger partial charge in [0.15, 0.2) is 0 Å². The van der Waals surface area contributed by atoms with Crippen LogP contribution in [0.25, 0.3) is 0 Å². The standard InChI is InChI=1S/C24H24N2O3S/c27-24(20-12-6-2-7-13-20)25-23-18-26(30(28,29)21-14-8-3-9-15-21)17-16-22(23)19-10-4-1-5-11-19/h1-15,22-23H,16-18H2,(H,25,27)/t22-,23+/m1/s1. The quantitative estimate of drug-likeness (QED) is 0.685. The van der Waals surface area contributed by atoms with Gasteiger partial charge in [-0.1, -0.05) is 66.7 Å². The van der Waals surface area contributed by atoms with E-state index in [1.54, 1.807) is 42.5 Å². The van der Waals surface area contributed by atoms with E-state index in [9.17, 15) is 13.2 Å². The summed E-state index contributed by atoms with van der Waals surface area (Å²) in [6, 6.07) is 27.1. The van der Waals surface area contributed by atoms with Crippen molar-refractivity contribution in [1.82, 2.24) is 9.62 Å². The Morgan fingerprint density at radius 3 is 2.03 bits per heavy atom. The van der Waals surface area contributed by atoms with E-state index in [0.29, 0.717) is 18.5 Å². The number of rotatable bonds is 5. The highest BCUT2D eigenvalue weighted by molar-refractivity contribution is 7.89. The third kappa shape index (κ3) is 4.30. The number of sulfonamides is 1. The molecule has 0 aromatic heterocycles. The molecule has 1 fully saturated rings. The zero-order valence-electron chi connectivity index (χ0n) is 16.5. The average molecular weight is 421 g/mol. The number of nitrogens with zero attached hydrogens (tertiary/aromatic N) is 1. The largest absolute Gasteiger partial charge is 0.347 e. The maximum Gasteiger partial charge on any atom is 0.251 e. The van der Waals surface area contributed by atoms with Crippen LogP contribution in [0.2, 0.25) is 0 Å². The number of benzene rings is 3. The van der Waals surface area contributed by atoms with Crippen molar-refractivity contribution in [3.8, 4) is 0 Å². The number of hydrogen-bond acceptors (Lipinski definition) is 3. The molecule has 3 aromatic rings. The Morgan fingerprint density at radius 2 is 1.40 bits per heavy atom. The summed E-state index contributed by atoms with van der Waals surface area (Å²) in [5.74, 6) is -0.151. The van der Waals surface area contributed by atoms with Gasteiger partial charge in [-0.05, 0) is 36.2 Å². The molecule has 5 nitrogen and oxygen atoms in total. The van der Waals surface area contributed by atoms with Crippen LogP contribution in [0.1, 0.15) is 28.3 Å². The first-order valence-corrected chi connectivity index (χ1v) is 11.5. The third-order valence-corrected chi connectivity index (χ3v) is 7.42. The van der Waals surface area contributed by atoms with E-state index in [2.05, 4.69) is 5.32 Å². The zero-order chi connectivity index (χ0) is 21.0. The molecule has 6 heteroatoms. The summed E-state index contributed by atoms with van der Waals surface area (Å²) >= 11 is 0. The molecule has 0 unspecified atom stereocenters. The topological polar surface area (TPSA) is 66.5 Å². The summed E-state index contributed by atoms with van der Waals surface area (Å²) in [5, 5.41) is 3.09. The minimum absolute atomic E-state index is 0.0427. The molecule has 1 aliphatic heterocycles. The van der Waals surface area contributed by atoms with Crippen molar-refractivity contribution in [3.63, 3.8) is 0 Å². The van der Waals surface area contributed by atoms with E-state index in [-0.39, 0.29) is 29.3 Å². The van der Waals surface area contributed by atoms with E-state index in [0.717, 1.165) is 5.56 Å². The van der Waals surface area contributed by atoms with E-state index < -0.39 is 10.0 Å². The smallest absolute Gasteiger partial charge is 0.251 e. The normalized spacial score (nSPS) is 19.9. The first kappa shape index (κ1) is 20.3. The Morgan fingerprint density at radius 1 is 0.833 bits per heavy atom. The van der Waals surface area contributed by atoms with Crippen LogP contribution < -0.4 is 5.32 Å². The molecular weight excluding hydrogens is 396 g/mol. The van der Waals surface area contributed by atoms with Crippen molar-refractivity contribution in [1.29, 1.82) is 0 Å². The molecule has 0 saturated carbocycles. The summed E-state index contributed by atoms with van der Waals surface area (Å²) in [6.07, 6.45) is 0.635. The van der Waals surface area contributed by atoms with Crippen molar-refractivity contribution < 1.29 is 13.2 Å². The molecule has 1 aliphatic rings. The van der Waals surface area contributed by atoms with Crippen LogP contribution in [0.3, 0.4) is 0 Å². The summed E-state index contributed by atoms with van der Waals surface area (Å²) in [5.41, 5.74) is 1.67. The number of piperidine rings is 1. The number of nitrogens with one attached hydrogen (secondary N) is 1. The van der Waals surface area contributed by atoms with E-state index in [1.807, 2.05) is 48.5 Å². The second-order valence-electron chi connectivity index (χ2n) is 7.43. The van der Waals surface area contributed by atoms with Crippen LogP contribution in [0.4, 0.5) is 0 Å². The minimum atomic E-state index is -3.62. The molecule has 0 aliphatic carbocycles. The van der Waals surface area contributed by atoms with Crippen LogP contribution in [-0.2, 0) is 10.0 Å². The number of carbonyl (C=O) groups is 1. The predicted molar refractivity (Wildman–Crippen MR) is 117 cm³/mol. The summed E-state index contributed by atoms with van der Waals surface area (Å²) in [7, 11) is -3.62.